The Balaban J connectivity index is 1.37. The minimum absolute atomic E-state index is 0.289. The number of rotatable bonds is 7. The van der Waals surface area contributed by atoms with Gasteiger partial charge in [0.05, 0.1) is 26.5 Å². The molecule has 0 spiro atoms. The molecule has 32 heavy (non-hydrogen) atoms. The third-order valence-corrected chi connectivity index (χ3v) is 5.71. The molecule has 3 heterocycles. The van der Waals surface area contributed by atoms with Crippen molar-refractivity contribution in [3.05, 3.63) is 40.8 Å². The number of aryl methyl sites for hydroxylation is 2. The summed E-state index contributed by atoms with van der Waals surface area (Å²) in [6.45, 7) is 8.18. The normalized spacial score (nSPS) is 15.7. The molecule has 4 rings (SSSR count). The van der Waals surface area contributed by atoms with Crippen LogP contribution in [0.25, 0.3) is 11.5 Å². The predicted octanol–water partition coefficient (Wildman–Crippen LogP) is 3.21. The first kappa shape index (κ1) is 22.2. The molecule has 0 radical (unpaired) electrons. The summed E-state index contributed by atoms with van der Waals surface area (Å²) >= 11 is 0. The molecule has 0 N–H and O–H groups in total. The fourth-order valence-electron chi connectivity index (χ4n) is 4.01. The Labute approximate surface area is 186 Å². The van der Waals surface area contributed by atoms with Gasteiger partial charge in [-0.3, -0.25) is 9.80 Å². The van der Waals surface area contributed by atoms with E-state index < -0.39 is 0 Å². The van der Waals surface area contributed by atoms with Gasteiger partial charge in [-0.05, 0) is 39.4 Å². The van der Waals surface area contributed by atoms with Crippen LogP contribution in [0.1, 0.15) is 29.3 Å². The largest absolute Gasteiger partial charge is 0.493 e. The molecule has 10 heteroatoms. The number of nitrogens with zero attached hydrogens (tertiary/aromatic N) is 5. The van der Waals surface area contributed by atoms with Crippen LogP contribution in [-0.4, -0.2) is 65.5 Å². The van der Waals surface area contributed by atoms with Crippen molar-refractivity contribution < 1.29 is 22.9 Å². The number of methoxy groups -OCH3 is 2. The van der Waals surface area contributed by atoms with Gasteiger partial charge < -0.3 is 18.5 Å². The highest BCUT2D eigenvalue weighted by Crippen LogP contribution is 2.30. The lowest BCUT2D eigenvalue weighted by molar-refractivity contribution is 0.239. The summed E-state index contributed by atoms with van der Waals surface area (Å²) in [5.74, 6) is 2.35. The summed E-state index contributed by atoms with van der Waals surface area (Å²) in [6.07, 6.45) is 0.962. The Kier molecular flexibility index (Phi) is 6.71. The van der Waals surface area contributed by atoms with Crippen molar-refractivity contribution in [2.45, 2.75) is 33.4 Å². The van der Waals surface area contributed by atoms with Crippen LogP contribution in [0.3, 0.4) is 0 Å². The van der Waals surface area contributed by atoms with Crippen LogP contribution < -0.4 is 9.47 Å². The van der Waals surface area contributed by atoms with Gasteiger partial charge in [0.25, 0.3) is 5.89 Å². The van der Waals surface area contributed by atoms with E-state index in [0.717, 1.165) is 43.9 Å². The molecule has 0 aliphatic carbocycles. The Morgan fingerprint density at radius 2 is 1.62 bits per heavy atom. The summed E-state index contributed by atoms with van der Waals surface area (Å²) in [7, 11) is 3.06. The molecule has 1 aliphatic heterocycles. The van der Waals surface area contributed by atoms with Crippen LogP contribution >= 0.6 is 0 Å². The molecule has 0 saturated carbocycles. The Hall–Kier alpha value is -2.98. The molecule has 0 bridgehead atoms. The highest BCUT2D eigenvalue weighted by atomic mass is 19.1. The molecular weight excluding hydrogens is 417 g/mol. The molecule has 2 aromatic heterocycles. The molecule has 9 nitrogen and oxygen atoms in total. The van der Waals surface area contributed by atoms with Crippen molar-refractivity contribution >= 4 is 0 Å². The van der Waals surface area contributed by atoms with Crippen molar-refractivity contribution in [2.24, 2.45) is 0 Å². The summed E-state index contributed by atoms with van der Waals surface area (Å²) < 4.78 is 35.7. The zero-order chi connectivity index (χ0) is 22.7. The van der Waals surface area contributed by atoms with Crippen LogP contribution in [0.2, 0.25) is 0 Å². The second kappa shape index (κ2) is 9.66. The quantitative estimate of drug-likeness (QED) is 0.544. The van der Waals surface area contributed by atoms with Crippen LogP contribution in [-0.2, 0) is 13.1 Å². The first-order valence-electron chi connectivity index (χ1n) is 10.6. The molecule has 1 fully saturated rings. The van der Waals surface area contributed by atoms with Crippen molar-refractivity contribution in [3.63, 3.8) is 0 Å². The first-order valence-corrected chi connectivity index (χ1v) is 10.6. The van der Waals surface area contributed by atoms with Gasteiger partial charge >= 0.3 is 0 Å². The van der Waals surface area contributed by atoms with E-state index in [4.69, 9.17) is 18.5 Å². The Morgan fingerprint density at radius 1 is 0.938 bits per heavy atom. The second-order valence-corrected chi connectivity index (χ2v) is 7.92. The third kappa shape index (κ3) is 4.76. The minimum Gasteiger partial charge on any atom is -0.493 e. The van der Waals surface area contributed by atoms with Gasteiger partial charge in [-0.2, -0.15) is 4.98 Å². The molecule has 0 atom stereocenters. The molecule has 172 valence electrons. The van der Waals surface area contributed by atoms with E-state index in [0.29, 0.717) is 47.6 Å². The van der Waals surface area contributed by atoms with Crippen LogP contribution in [0.5, 0.6) is 11.5 Å². The van der Waals surface area contributed by atoms with Crippen molar-refractivity contribution in [1.82, 2.24) is 25.1 Å². The summed E-state index contributed by atoms with van der Waals surface area (Å²) in [5, 5.41) is 8.07. The summed E-state index contributed by atoms with van der Waals surface area (Å²) in [6, 6.07) is 3.09. The van der Waals surface area contributed by atoms with E-state index in [2.05, 4.69) is 25.1 Å². The van der Waals surface area contributed by atoms with E-state index in [1.54, 1.807) is 13.2 Å². The van der Waals surface area contributed by atoms with Gasteiger partial charge in [-0.15, -0.1) is 0 Å². The molecule has 3 aromatic rings. The van der Waals surface area contributed by atoms with E-state index in [-0.39, 0.29) is 5.82 Å². The van der Waals surface area contributed by atoms with Crippen molar-refractivity contribution in [2.75, 3.05) is 40.4 Å². The zero-order valence-electron chi connectivity index (χ0n) is 18.9. The maximum Gasteiger partial charge on any atom is 0.263 e. The maximum absolute atomic E-state index is 14.5. The van der Waals surface area contributed by atoms with E-state index in [9.17, 15) is 4.39 Å². The average Bonchev–Trinajstić information content (AvgIpc) is 3.29. The fraction of sp³-hybridized carbons (Fsp3) is 0.500. The number of hydrogen-bond acceptors (Lipinski definition) is 9. The topological polar surface area (TPSA) is 89.9 Å². The van der Waals surface area contributed by atoms with Crippen LogP contribution in [0, 0.1) is 19.7 Å². The monoisotopic (exact) mass is 445 g/mol. The number of halogens is 1. The van der Waals surface area contributed by atoms with Gasteiger partial charge in [-0.25, -0.2) is 4.39 Å². The minimum atomic E-state index is -0.289. The first-order chi connectivity index (χ1) is 15.5. The molecule has 0 amide bonds. The Bertz CT molecular complexity index is 1050. The number of ether oxygens (including phenoxy) is 2. The molecule has 1 aliphatic rings. The molecule has 1 saturated heterocycles. The average molecular weight is 445 g/mol. The SMILES string of the molecule is COc1cc(F)c(CN2CCCN(Cc3noc(-c4c(C)noc4C)n3)CC2)cc1OC. The lowest BCUT2D eigenvalue weighted by atomic mass is 10.1. The van der Waals surface area contributed by atoms with Crippen LogP contribution in [0.4, 0.5) is 4.39 Å². The van der Waals surface area contributed by atoms with Gasteiger partial charge in [0, 0.05) is 31.3 Å². The van der Waals surface area contributed by atoms with E-state index >= 15 is 0 Å². The second-order valence-electron chi connectivity index (χ2n) is 7.92. The number of benzene rings is 1. The smallest absolute Gasteiger partial charge is 0.263 e. The Morgan fingerprint density at radius 3 is 2.28 bits per heavy atom. The van der Waals surface area contributed by atoms with E-state index in [1.807, 2.05) is 13.8 Å². The lowest BCUT2D eigenvalue weighted by Gasteiger charge is -2.22. The van der Waals surface area contributed by atoms with Crippen LogP contribution in [0.15, 0.2) is 21.2 Å². The van der Waals surface area contributed by atoms with Gasteiger partial charge in [0.2, 0.25) is 0 Å². The highest BCUT2D eigenvalue weighted by molar-refractivity contribution is 5.57. The van der Waals surface area contributed by atoms with E-state index in [1.165, 1.54) is 13.2 Å². The zero-order valence-corrected chi connectivity index (χ0v) is 18.9. The number of aromatic nitrogens is 3. The summed E-state index contributed by atoms with van der Waals surface area (Å²) in [5.41, 5.74) is 2.08. The highest BCUT2D eigenvalue weighted by Gasteiger charge is 2.22. The van der Waals surface area contributed by atoms with Gasteiger partial charge in [-0.1, -0.05) is 10.3 Å². The molecule has 0 unspecified atom stereocenters. The van der Waals surface area contributed by atoms with Crippen molar-refractivity contribution in [1.29, 1.82) is 0 Å². The van der Waals surface area contributed by atoms with Gasteiger partial charge in [0.15, 0.2) is 17.3 Å². The summed E-state index contributed by atoms with van der Waals surface area (Å²) in [4.78, 5) is 9.06. The van der Waals surface area contributed by atoms with Gasteiger partial charge in [0.1, 0.15) is 17.1 Å². The molecule has 1 aromatic carbocycles. The third-order valence-electron chi connectivity index (χ3n) is 5.71. The predicted molar refractivity (Wildman–Crippen MR) is 114 cm³/mol. The lowest BCUT2D eigenvalue weighted by Crippen LogP contribution is -2.30. The molecular formula is C22H28FN5O4. The van der Waals surface area contributed by atoms with Crippen molar-refractivity contribution in [3.8, 4) is 23.0 Å². The maximum atomic E-state index is 14.5. The standard InChI is InChI=1S/C22H28FN5O4/c1-14-21(15(2)31-25-14)22-24-20(26-32-22)13-28-7-5-6-27(8-9-28)12-16-10-18(29-3)19(30-4)11-17(16)23/h10-11H,5-9,12-13H2,1-4H3. The fourth-order valence-corrected chi connectivity index (χ4v) is 4.01. The number of hydrogen-bond donors (Lipinski definition) is 0.